The molecule has 3 atom stereocenters. The molecule has 6 N–H and O–H groups in total. The topological polar surface area (TPSA) is 81.1 Å². The van der Waals surface area contributed by atoms with Gasteiger partial charge in [-0.3, -0.25) is 0 Å². The van der Waals surface area contributed by atoms with Crippen molar-refractivity contribution < 1.29 is 0 Å². The predicted octanol–water partition coefficient (Wildman–Crippen LogP) is -1.54. The first-order valence-corrected chi connectivity index (χ1v) is 3.70. The molecule has 2 aliphatic heterocycles. The summed E-state index contributed by atoms with van der Waals surface area (Å²) in [6.45, 7) is 0. The molecule has 3 fully saturated rings. The van der Waals surface area contributed by atoms with Gasteiger partial charge in [0.1, 0.15) is 5.79 Å². The summed E-state index contributed by atoms with van der Waals surface area (Å²) in [7, 11) is 0. The summed E-state index contributed by atoms with van der Waals surface area (Å²) < 4.78 is 0. The van der Waals surface area contributed by atoms with E-state index in [-0.39, 0.29) is 11.2 Å². The predicted molar refractivity (Wildman–Crippen MR) is 36.4 cm³/mol. The highest BCUT2D eigenvalue weighted by Crippen LogP contribution is 2.74. The molecule has 0 bridgehead atoms. The maximum absolute atomic E-state index is 5.98. The van der Waals surface area contributed by atoms with Crippen LogP contribution in [0.25, 0.3) is 0 Å². The van der Waals surface area contributed by atoms with Gasteiger partial charge >= 0.3 is 0 Å². The van der Waals surface area contributed by atoms with Gasteiger partial charge in [0, 0.05) is 6.42 Å². The first-order valence-electron chi connectivity index (χ1n) is 3.70. The molecule has 0 amide bonds. The Kier molecular flexibility index (Phi) is 0.524. The van der Waals surface area contributed by atoms with E-state index in [4.69, 9.17) is 17.2 Å². The monoisotopic (exact) mass is 140 g/mol. The van der Waals surface area contributed by atoms with Gasteiger partial charge in [-0.1, -0.05) is 0 Å². The minimum absolute atomic E-state index is 0.0868. The normalized spacial score (nSPS) is 66.9. The summed E-state index contributed by atoms with van der Waals surface area (Å²) >= 11 is 0. The first kappa shape index (κ1) is 5.49. The van der Waals surface area contributed by atoms with Crippen molar-refractivity contribution in [2.24, 2.45) is 17.2 Å². The van der Waals surface area contributed by atoms with Crippen LogP contribution in [0.1, 0.15) is 19.3 Å². The zero-order chi connectivity index (χ0) is 7.20. The van der Waals surface area contributed by atoms with Crippen LogP contribution < -0.4 is 17.2 Å². The number of nitrogens with zero attached hydrogens (tertiary/aromatic N) is 1. The highest BCUT2D eigenvalue weighted by Gasteiger charge is 2.90. The van der Waals surface area contributed by atoms with Crippen molar-refractivity contribution >= 4 is 0 Å². The lowest BCUT2D eigenvalue weighted by Gasteiger charge is -2.41. The summed E-state index contributed by atoms with van der Waals surface area (Å²) in [6.07, 6.45) is 3.15. The van der Waals surface area contributed by atoms with E-state index in [1.165, 1.54) is 6.42 Å². The van der Waals surface area contributed by atoms with Crippen LogP contribution in [-0.4, -0.2) is 21.9 Å². The fourth-order valence-electron chi connectivity index (χ4n) is 2.97. The van der Waals surface area contributed by atoms with Crippen molar-refractivity contribution in [3.05, 3.63) is 0 Å². The van der Waals surface area contributed by atoms with Crippen molar-refractivity contribution in [3.63, 3.8) is 0 Å². The second-order valence-electron chi connectivity index (χ2n) is 3.96. The second kappa shape index (κ2) is 0.956. The molecule has 3 unspecified atom stereocenters. The average molecular weight is 140 g/mol. The van der Waals surface area contributed by atoms with Crippen molar-refractivity contribution in [1.82, 2.24) is 4.90 Å². The fourth-order valence-corrected chi connectivity index (χ4v) is 2.97. The lowest BCUT2D eigenvalue weighted by molar-refractivity contribution is 0.0636. The average Bonchev–Trinajstić information content (AvgIpc) is 2.07. The molecule has 0 radical (unpaired) electrons. The minimum atomic E-state index is -0.578. The highest BCUT2D eigenvalue weighted by molar-refractivity contribution is 5.43. The quantitative estimate of drug-likeness (QED) is 0.281. The molecule has 2 saturated heterocycles. The summed E-state index contributed by atoms with van der Waals surface area (Å²) in [4.78, 5) is 2.06. The number of rotatable bonds is 0. The van der Waals surface area contributed by atoms with Crippen molar-refractivity contribution in [3.8, 4) is 0 Å². The largest absolute Gasteiger partial charge is 0.311 e. The highest BCUT2D eigenvalue weighted by atomic mass is 15.7. The van der Waals surface area contributed by atoms with Gasteiger partial charge in [0.2, 0.25) is 0 Å². The van der Waals surface area contributed by atoms with E-state index in [2.05, 4.69) is 4.90 Å². The van der Waals surface area contributed by atoms with Gasteiger partial charge in [-0.25, -0.2) is 4.90 Å². The number of fused-ring (bicyclic) bond motifs is 1. The molecular formula is C6H12N4. The van der Waals surface area contributed by atoms with Crippen LogP contribution >= 0.6 is 0 Å². The van der Waals surface area contributed by atoms with Crippen LogP contribution in [0.2, 0.25) is 0 Å². The van der Waals surface area contributed by atoms with Crippen LogP contribution in [0, 0.1) is 0 Å². The second-order valence-corrected chi connectivity index (χ2v) is 3.96. The molecule has 3 rings (SSSR count). The van der Waals surface area contributed by atoms with Gasteiger partial charge < -0.3 is 17.2 Å². The molecule has 0 aromatic rings. The van der Waals surface area contributed by atoms with Gasteiger partial charge in [-0.2, -0.15) is 0 Å². The molecule has 4 nitrogen and oxygen atoms in total. The van der Waals surface area contributed by atoms with Crippen LogP contribution in [0.15, 0.2) is 0 Å². The summed E-state index contributed by atoms with van der Waals surface area (Å²) in [5, 5.41) is 0. The Labute approximate surface area is 59.3 Å². The third-order valence-corrected chi connectivity index (χ3v) is 3.49. The number of hydrogen-bond donors (Lipinski definition) is 3. The maximum atomic E-state index is 5.98. The third kappa shape index (κ3) is 0.256. The summed E-state index contributed by atoms with van der Waals surface area (Å²) in [5.74, 6) is -0.578. The van der Waals surface area contributed by atoms with E-state index in [9.17, 15) is 0 Å². The molecule has 1 saturated carbocycles. The van der Waals surface area contributed by atoms with E-state index >= 15 is 0 Å². The molecular weight excluding hydrogens is 128 g/mol. The minimum Gasteiger partial charge on any atom is -0.311 e. The van der Waals surface area contributed by atoms with E-state index in [1.807, 2.05) is 0 Å². The van der Waals surface area contributed by atoms with Crippen LogP contribution in [0.4, 0.5) is 0 Å². The molecule has 0 aromatic heterocycles. The van der Waals surface area contributed by atoms with E-state index in [0.29, 0.717) is 0 Å². The Morgan fingerprint density at radius 3 is 1.90 bits per heavy atom. The zero-order valence-corrected chi connectivity index (χ0v) is 5.80. The smallest absolute Gasteiger partial charge is 0.124 e. The number of hydrogen-bond acceptors (Lipinski definition) is 4. The van der Waals surface area contributed by atoms with E-state index in [1.54, 1.807) is 0 Å². The molecule has 56 valence electrons. The SMILES string of the molecule is NC1(N)CC23CCC2(N)N13. The van der Waals surface area contributed by atoms with Crippen LogP contribution in [0.5, 0.6) is 0 Å². The van der Waals surface area contributed by atoms with Crippen LogP contribution in [0.3, 0.4) is 0 Å². The Morgan fingerprint density at radius 2 is 1.80 bits per heavy atom. The molecule has 10 heavy (non-hydrogen) atoms. The molecule has 3 aliphatic rings. The Hall–Kier alpha value is -0.160. The summed E-state index contributed by atoms with van der Waals surface area (Å²) in [6, 6.07) is 0. The standard InChI is InChI=1S/C6H12N4/c7-5-2-1-4(5)3-6(8,9)10(4)5/h1-3,7-9H2. The Balaban J connectivity index is 2.01. The third-order valence-electron chi connectivity index (χ3n) is 3.49. The first-order chi connectivity index (χ1) is 4.53. The molecule has 1 aliphatic carbocycles. The van der Waals surface area contributed by atoms with Gasteiger partial charge in [-0.05, 0) is 12.8 Å². The lowest BCUT2D eigenvalue weighted by Crippen LogP contribution is -2.67. The Morgan fingerprint density at radius 1 is 1.10 bits per heavy atom. The lowest BCUT2D eigenvalue weighted by atomic mass is 9.75. The van der Waals surface area contributed by atoms with E-state index < -0.39 is 5.79 Å². The maximum Gasteiger partial charge on any atom is 0.124 e. The van der Waals surface area contributed by atoms with Gasteiger partial charge in [0.25, 0.3) is 0 Å². The molecule has 0 aromatic carbocycles. The van der Waals surface area contributed by atoms with Crippen LogP contribution in [-0.2, 0) is 0 Å². The molecule has 2 heterocycles. The van der Waals surface area contributed by atoms with E-state index in [0.717, 1.165) is 12.8 Å². The van der Waals surface area contributed by atoms with Gasteiger partial charge in [-0.15, -0.1) is 0 Å². The van der Waals surface area contributed by atoms with Gasteiger partial charge in [0.15, 0.2) is 0 Å². The Bertz CT molecular complexity index is 216. The molecule has 4 heteroatoms. The van der Waals surface area contributed by atoms with Crippen molar-refractivity contribution in [2.45, 2.75) is 36.3 Å². The van der Waals surface area contributed by atoms with Crippen molar-refractivity contribution in [1.29, 1.82) is 0 Å². The fraction of sp³-hybridized carbons (Fsp3) is 1.00. The number of nitrogens with two attached hydrogens (primary N) is 3. The molecule has 1 spiro atoms. The van der Waals surface area contributed by atoms with Gasteiger partial charge in [0.05, 0.1) is 11.2 Å². The zero-order valence-electron chi connectivity index (χ0n) is 5.80. The summed E-state index contributed by atoms with van der Waals surface area (Å²) in [5.41, 5.74) is 17.6. The van der Waals surface area contributed by atoms with Crippen molar-refractivity contribution in [2.75, 3.05) is 0 Å².